The van der Waals surface area contributed by atoms with Gasteiger partial charge in [-0.05, 0) is 0 Å². The fraction of sp³-hybridized carbons (Fsp3) is 0. The predicted molar refractivity (Wildman–Crippen MR) is 17.7 cm³/mol. The molecule has 0 unspecified atom stereocenters. The van der Waals surface area contributed by atoms with Crippen LogP contribution in [0.15, 0.2) is 0 Å². The molecule has 9 heavy (non-hydrogen) atoms. The second-order valence-corrected chi connectivity index (χ2v) is 1.43. The number of hydrogen-bond acceptors (Lipinski definition) is 4. The molecule has 0 rings (SSSR count). The summed E-state index contributed by atoms with van der Waals surface area (Å²) in [6, 6.07) is 0. The molecule has 0 aliphatic carbocycles. The molecule has 0 aliphatic heterocycles. The zero-order valence-corrected chi connectivity index (χ0v) is 5.87. The van der Waals surface area contributed by atoms with Crippen LogP contribution in [-0.4, -0.2) is 0 Å². The van der Waals surface area contributed by atoms with E-state index in [-0.39, 0.29) is 17.1 Å². The van der Waals surface area contributed by atoms with Crippen molar-refractivity contribution in [2.24, 2.45) is 0 Å². The van der Waals surface area contributed by atoms with E-state index in [2.05, 4.69) is 0 Å². The van der Waals surface area contributed by atoms with Gasteiger partial charge in [0.05, 0.1) is 0 Å². The van der Waals surface area contributed by atoms with Crippen molar-refractivity contribution in [2.45, 2.75) is 0 Å². The van der Waals surface area contributed by atoms with Gasteiger partial charge in [-0.25, -0.2) is 0 Å². The Kier molecular flexibility index (Phi) is 14.1. The Bertz CT molecular complexity index is 114. The Hall–Kier alpha value is -0.0605. The molecule has 0 saturated carbocycles. The van der Waals surface area contributed by atoms with Crippen molar-refractivity contribution in [1.82, 2.24) is 0 Å². The van der Waals surface area contributed by atoms with Crippen LogP contribution in [0.25, 0.3) is 16.0 Å². The molecular weight excluding hydrogens is 192 g/mol. The first-order valence-electron chi connectivity index (χ1n) is 1.13. The molecule has 0 N–H and O–H groups in total. The summed E-state index contributed by atoms with van der Waals surface area (Å²) in [6.45, 7) is 0. The molecular formula is MnN3O4P-4. The summed E-state index contributed by atoms with van der Waals surface area (Å²) < 4.78 is 8.55. The van der Waals surface area contributed by atoms with E-state index in [9.17, 15) is 0 Å². The molecule has 0 bridgehead atoms. The fourth-order valence-corrected chi connectivity index (χ4v) is 0. The van der Waals surface area contributed by atoms with Gasteiger partial charge in [0.25, 0.3) is 0 Å². The zero-order valence-electron chi connectivity index (χ0n) is 3.80. The summed E-state index contributed by atoms with van der Waals surface area (Å²) in [6.07, 6.45) is 0. The molecule has 0 heterocycles. The molecule has 0 saturated heterocycles. The number of rotatable bonds is 0. The van der Waals surface area contributed by atoms with Crippen LogP contribution >= 0.6 is 7.82 Å². The van der Waals surface area contributed by atoms with Crippen LogP contribution in [-0.2, 0) is 21.6 Å². The standard InChI is InChI=1S/Mn.N3.H3O4P/c;1-3-2;1-5(2,3)4/h;;(H3,1,2,3,4)/q;-1;/p-3. The minimum absolute atomic E-state index is 0. The molecule has 55 valence electrons. The van der Waals surface area contributed by atoms with Crippen molar-refractivity contribution < 1.29 is 36.3 Å². The van der Waals surface area contributed by atoms with E-state index in [0.29, 0.717) is 0 Å². The van der Waals surface area contributed by atoms with Gasteiger partial charge in [0.15, 0.2) is 0 Å². The van der Waals surface area contributed by atoms with Gasteiger partial charge in [0.2, 0.25) is 0 Å². The molecule has 0 aromatic rings. The largest absolute Gasteiger partial charge is 0.822 e. The maximum atomic E-state index is 8.55. The van der Waals surface area contributed by atoms with Crippen LogP contribution < -0.4 is 14.7 Å². The molecule has 0 fully saturated rings. The van der Waals surface area contributed by atoms with Crippen LogP contribution in [0.5, 0.6) is 0 Å². The van der Waals surface area contributed by atoms with Crippen LogP contribution in [0, 0.1) is 0 Å². The third-order valence-electron chi connectivity index (χ3n) is 0. The predicted octanol–water partition coefficient (Wildman–Crippen LogP) is -1.96. The smallest absolute Gasteiger partial charge is 0 e. The Morgan fingerprint density at radius 2 is 1.22 bits per heavy atom. The Labute approximate surface area is 60.8 Å². The first kappa shape index (κ1) is 16.0. The summed E-state index contributed by atoms with van der Waals surface area (Å²) in [5, 5.41) is 0. The van der Waals surface area contributed by atoms with Gasteiger partial charge in [0, 0.05) is 17.1 Å². The second-order valence-electron chi connectivity index (χ2n) is 0.537. The van der Waals surface area contributed by atoms with Crippen molar-refractivity contribution >= 4 is 7.82 Å². The fourth-order valence-electron chi connectivity index (χ4n) is 0. The van der Waals surface area contributed by atoms with E-state index in [4.69, 9.17) is 30.3 Å². The normalized spacial score (nSPS) is 7.44. The SMILES string of the molecule is O=P([O-])([O-])[O-].[Mn].[N-]=[N+]=[N-]. The van der Waals surface area contributed by atoms with Gasteiger partial charge < -0.3 is 30.3 Å². The van der Waals surface area contributed by atoms with Crippen molar-refractivity contribution in [1.29, 1.82) is 0 Å². The minimum Gasteiger partial charge on any atom is -0.822 e. The second kappa shape index (κ2) is 7.94. The van der Waals surface area contributed by atoms with Crippen LogP contribution in [0.2, 0.25) is 0 Å². The van der Waals surface area contributed by atoms with Gasteiger partial charge >= 0.3 is 0 Å². The van der Waals surface area contributed by atoms with E-state index in [0.717, 1.165) is 0 Å². The Morgan fingerprint density at radius 3 is 1.22 bits per heavy atom. The topological polar surface area (TPSA) is 145 Å². The van der Waals surface area contributed by atoms with Gasteiger partial charge in [-0.3, -0.25) is 4.91 Å². The van der Waals surface area contributed by atoms with E-state index < -0.39 is 7.82 Å². The zero-order chi connectivity index (χ0) is 7.21. The molecule has 0 aromatic heterocycles. The molecule has 0 atom stereocenters. The third-order valence-corrected chi connectivity index (χ3v) is 0. The summed E-state index contributed by atoms with van der Waals surface area (Å²) >= 11 is 0. The Morgan fingerprint density at radius 1 is 1.22 bits per heavy atom. The first-order chi connectivity index (χ1) is 3.41. The molecule has 0 spiro atoms. The number of hydrogen-bond donors (Lipinski definition) is 0. The maximum absolute atomic E-state index is 8.55. The monoisotopic (exact) mass is 192 g/mol. The molecule has 7 nitrogen and oxygen atoms in total. The summed E-state index contributed by atoms with van der Waals surface area (Å²) in [5.74, 6) is 0. The summed E-state index contributed by atoms with van der Waals surface area (Å²) in [5.41, 5.74) is 13.5. The third kappa shape index (κ3) is 76500. The average Bonchev–Trinajstić information content (AvgIpc) is 1.27. The van der Waals surface area contributed by atoms with Crippen molar-refractivity contribution in [2.75, 3.05) is 0 Å². The van der Waals surface area contributed by atoms with Crippen LogP contribution in [0.4, 0.5) is 0 Å². The van der Waals surface area contributed by atoms with Crippen molar-refractivity contribution in [3.8, 4) is 0 Å². The summed E-state index contributed by atoms with van der Waals surface area (Å²) in [4.78, 5) is 27.1. The van der Waals surface area contributed by atoms with Crippen LogP contribution in [0.3, 0.4) is 0 Å². The van der Waals surface area contributed by atoms with Gasteiger partial charge in [0.1, 0.15) is 0 Å². The molecule has 0 amide bonds. The van der Waals surface area contributed by atoms with E-state index >= 15 is 0 Å². The van der Waals surface area contributed by atoms with E-state index in [1.54, 1.807) is 0 Å². The quantitative estimate of drug-likeness (QED) is 0.144. The molecule has 9 heteroatoms. The van der Waals surface area contributed by atoms with Crippen molar-refractivity contribution in [3.63, 3.8) is 0 Å². The van der Waals surface area contributed by atoms with E-state index in [1.165, 1.54) is 4.91 Å². The molecule has 0 aromatic carbocycles. The van der Waals surface area contributed by atoms with Gasteiger partial charge in [-0.1, -0.05) is 0 Å². The average molecular weight is 192 g/mol. The number of nitrogens with zero attached hydrogens (tertiary/aromatic N) is 3. The Balaban J connectivity index is -0.0000000800. The van der Waals surface area contributed by atoms with Crippen LogP contribution in [0.1, 0.15) is 0 Å². The molecule has 1 radical (unpaired) electrons. The van der Waals surface area contributed by atoms with Crippen molar-refractivity contribution in [3.05, 3.63) is 16.0 Å². The summed E-state index contributed by atoms with van der Waals surface area (Å²) in [7, 11) is -5.39. The molecule has 0 aliphatic rings. The van der Waals surface area contributed by atoms with Gasteiger partial charge in [-0.2, -0.15) is 7.82 Å². The van der Waals surface area contributed by atoms with E-state index in [1.807, 2.05) is 0 Å². The maximum Gasteiger partial charge on any atom is 0 e. The number of phosphoric acid groups is 1. The first-order valence-corrected chi connectivity index (χ1v) is 2.59. The van der Waals surface area contributed by atoms with Gasteiger partial charge in [-0.15, -0.1) is 0 Å². The minimum atomic E-state index is -5.39.